The summed E-state index contributed by atoms with van der Waals surface area (Å²) in [5.74, 6) is 0. The van der Waals surface area contributed by atoms with Gasteiger partial charge in [0.25, 0.3) is 0 Å². The molecule has 2 heterocycles. The number of fused-ring (bicyclic) bond motifs is 1. The van der Waals surface area contributed by atoms with Crippen molar-refractivity contribution in [2.24, 2.45) is 0 Å². The first kappa shape index (κ1) is 13.3. The van der Waals surface area contributed by atoms with Gasteiger partial charge < -0.3 is 4.98 Å². The third-order valence-electron chi connectivity index (χ3n) is 2.78. The highest BCUT2D eigenvalue weighted by Gasteiger charge is 2.22. The van der Waals surface area contributed by atoms with E-state index in [1.165, 1.54) is 0 Å². The number of rotatable bonds is 3. The van der Waals surface area contributed by atoms with Crippen LogP contribution in [0.2, 0.25) is 0 Å². The molecule has 0 aliphatic heterocycles. The van der Waals surface area contributed by atoms with Crippen molar-refractivity contribution < 1.29 is 4.92 Å². The molecule has 2 aromatic heterocycles. The molecule has 1 aromatic carbocycles. The molecule has 0 atom stereocenters. The van der Waals surface area contributed by atoms with Gasteiger partial charge in [-0.15, -0.1) is 0 Å². The summed E-state index contributed by atoms with van der Waals surface area (Å²) in [4.78, 5) is 32.9. The first-order chi connectivity index (χ1) is 10.2. The third kappa shape index (κ3) is 2.48. The van der Waals surface area contributed by atoms with E-state index in [1.54, 1.807) is 12.3 Å². The average molecular weight is 300 g/mol. The summed E-state index contributed by atoms with van der Waals surface area (Å²) in [6, 6.07) is 9.21. The Morgan fingerprint density at radius 1 is 1.19 bits per heavy atom. The summed E-state index contributed by atoms with van der Waals surface area (Å²) in [6.45, 7) is 0. The minimum atomic E-state index is -0.773. The van der Waals surface area contributed by atoms with Gasteiger partial charge in [0, 0.05) is 16.5 Å². The highest BCUT2D eigenvalue weighted by Crippen LogP contribution is 2.34. The van der Waals surface area contributed by atoms with Gasteiger partial charge in [0.2, 0.25) is 0 Å². The predicted molar refractivity (Wildman–Crippen MR) is 77.4 cm³/mol. The molecule has 0 saturated carbocycles. The largest absolute Gasteiger partial charge is 0.366 e. The van der Waals surface area contributed by atoms with Crippen molar-refractivity contribution in [3.05, 3.63) is 63.3 Å². The molecule has 0 fully saturated rings. The van der Waals surface area contributed by atoms with Crippen molar-refractivity contribution in [1.82, 2.24) is 15.0 Å². The lowest BCUT2D eigenvalue weighted by atomic mass is 10.2. The summed E-state index contributed by atoms with van der Waals surface area (Å²) < 4.78 is 0. The van der Waals surface area contributed by atoms with Crippen LogP contribution in [0.1, 0.15) is 0 Å². The fraction of sp³-hybridized carbons (Fsp3) is 0. The van der Waals surface area contributed by atoms with Crippen molar-refractivity contribution in [2.75, 3.05) is 0 Å². The lowest BCUT2D eigenvalue weighted by Gasteiger charge is -2.04. The number of aromatic nitrogens is 3. The van der Waals surface area contributed by atoms with Crippen LogP contribution in [0.15, 0.2) is 57.6 Å². The molecule has 8 heteroatoms. The number of benzene rings is 1. The number of aromatic amines is 1. The summed E-state index contributed by atoms with van der Waals surface area (Å²) in [6.07, 6.45) is 2.79. The van der Waals surface area contributed by atoms with E-state index in [0.29, 0.717) is 10.4 Å². The van der Waals surface area contributed by atoms with Crippen LogP contribution in [0, 0.1) is 10.1 Å². The van der Waals surface area contributed by atoms with E-state index in [4.69, 9.17) is 0 Å². The molecule has 0 unspecified atom stereocenters. The van der Waals surface area contributed by atoms with E-state index in [0.717, 1.165) is 23.5 Å². The van der Waals surface area contributed by atoms with Crippen molar-refractivity contribution >= 4 is 28.4 Å². The molecule has 0 saturated heterocycles. The van der Waals surface area contributed by atoms with Crippen LogP contribution in [0.5, 0.6) is 0 Å². The molecule has 3 aromatic rings. The Morgan fingerprint density at radius 2 is 2.00 bits per heavy atom. The number of H-pyrrole nitrogens is 1. The highest BCUT2D eigenvalue weighted by atomic mass is 32.2. The zero-order valence-electron chi connectivity index (χ0n) is 10.5. The highest BCUT2D eigenvalue weighted by molar-refractivity contribution is 7.99. The standard InChI is InChI=1S/C13H8N4O3S/c18-12-11(17(19)20)13(16-7-15-12)21-9-5-1-3-8-4-2-6-14-10(8)9/h1-7H,(H,15,16,18). The van der Waals surface area contributed by atoms with E-state index in [-0.39, 0.29) is 5.03 Å². The van der Waals surface area contributed by atoms with Crippen LogP contribution in [-0.4, -0.2) is 19.9 Å². The maximum absolute atomic E-state index is 11.6. The smallest absolute Gasteiger partial charge is 0.307 e. The quantitative estimate of drug-likeness (QED) is 0.452. The molecule has 21 heavy (non-hydrogen) atoms. The van der Waals surface area contributed by atoms with Crippen molar-refractivity contribution in [3.8, 4) is 0 Å². The van der Waals surface area contributed by atoms with Crippen molar-refractivity contribution in [3.63, 3.8) is 0 Å². The molecular formula is C13H8N4O3S. The lowest BCUT2D eigenvalue weighted by molar-refractivity contribution is -0.389. The second-order valence-electron chi connectivity index (χ2n) is 4.08. The summed E-state index contributed by atoms with van der Waals surface area (Å²) in [5.41, 5.74) is -0.623. The molecule has 0 radical (unpaired) electrons. The van der Waals surface area contributed by atoms with Gasteiger partial charge in [-0.2, -0.15) is 0 Å². The first-order valence-electron chi connectivity index (χ1n) is 5.90. The van der Waals surface area contributed by atoms with E-state index >= 15 is 0 Å². The Kier molecular flexibility index (Phi) is 3.36. The maximum Gasteiger partial charge on any atom is 0.366 e. The van der Waals surface area contributed by atoms with Crippen LogP contribution in [0.25, 0.3) is 10.9 Å². The van der Waals surface area contributed by atoms with Gasteiger partial charge in [-0.05, 0) is 12.1 Å². The van der Waals surface area contributed by atoms with Gasteiger partial charge in [-0.1, -0.05) is 30.0 Å². The molecule has 0 amide bonds. The normalized spacial score (nSPS) is 10.7. The van der Waals surface area contributed by atoms with E-state index < -0.39 is 16.2 Å². The molecule has 0 spiro atoms. The van der Waals surface area contributed by atoms with Crippen molar-refractivity contribution in [1.29, 1.82) is 0 Å². The van der Waals surface area contributed by atoms with Gasteiger partial charge in [-0.25, -0.2) is 4.98 Å². The van der Waals surface area contributed by atoms with Crippen LogP contribution < -0.4 is 5.56 Å². The second-order valence-corrected chi connectivity index (χ2v) is 5.11. The van der Waals surface area contributed by atoms with Gasteiger partial charge in [0.1, 0.15) is 0 Å². The molecule has 0 bridgehead atoms. The topological polar surface area (TPSA) is 102 Å². The van der Waals surface area contributed by atoms with Crippen LogP contribution in [0.3, 0.4) is 0 Å². The van der Waals surface area contributed by atoms with Crippen LogP contribution in [0.4, 0.5) is 5.69 Å². The fourth-order valence-corrected chi connectivity index (χ4v) is 2.87. The fourth-order valence-electron chi connectivity index (χ4n) is 1.87. The molecule has 1 N–H and O–H groups in total. The number of para-hydroxylation sites is 1. The van der Waals surface area contributed by atoms with Gasteiger partial charge >= 0.3 is 11.2 Å². The van der Waals surface area contributed by atoms with E-state index in [9.17, 15) is 14.9 Å². The summed E-state index contributed by atoms with van der Waals surface area (Å²) in [5, 5.41) is 12.0. The Bertz CT molecular complexity index is 888. The molecule has 0 aliphatic rings. The van der Waals surface area contributed by atoms with Gasteiger partial charge in [-0.3, -0.25) is 19.9 Å². The monoisotopic (exact) mass is 300 g/mol. The number of pyridine rings is 1. The Hall–Kier alpha value is -2.74. The lowest BCUT2D eigenvalue weighted by Crippen LogP contribution is -2.13. The Labute approximate surface area is 122 Å². The zero-order valence-corrected chi connectivity index (χ0v) is 11.3. The predicted octanol–water partition coefficient (Wildman–Crippen LogP) is 2.38. The number of nitrogens with one attached hydrogen (secondary N) is 1. The summed E-state index contributed by atoms with van der Waals surface area (Å²) >= 11 is 1.05. The molecule has 0 aliphatic carbocycles. The van der Waals surface area contributed by atoms with E-state index in [1.807, 2.05) is 24.3 Å². The number of nitrogens with zero attached hydrogens (tertiary/aromatic N) is 3. The van der Waals surface area contributed by atoms with E-state index in [2.05, 4.69) is 15.0 Å². The SMILES string of the molecule is O=c1[nH]cnc(Sc2cccc3cccnc23)c1[N+](=O)[O-]. The Balaban J connectivity index is 2.14. The first-order valence-corrected chi connectivity index (χ1v) is 6.72. The van der Waals surface area contributed by atoms with Crippen LogP contribution >= 0.6 is 11.8 Å². The Morgan fingerprint density at radius 3 is 2.81 bits per heavy atom. The summed E-state index contributed by atoms with van der Waals surface area (Å²) in [7, 11) is 0. The molecule has 3 rings (SSSR count). The molecule has 104 valence electrons. The zero-order chi connectivity index (χ0) is 14.8. The molecule has 7 nitrogen and oxygen atoms in total. The van der Waals surface area contributed by atoms with Gasteiger partial charge in [0.05, 0.1) is 16.8 Å². The average Bonchev–Trinajstić information content (AvgIpc) is 2.47. The number of nitro groups is 1. The second kappa shape index (κ2) is 5.33. The van der Waals surface area contributed by atoms with Crippen LogP contribution in [-0.2, 0) is 0 Å². The van der Waals surface area contributed by atoms with Gasteiger partial charge in [0.15, 0.2) is 5.03 Å². The number of hydrogen-bond donors (Lipinski definition) is 1. The van der Waals surface area contributed by atoms with Crippen molar-refractivity contribution in [2.45, 2.75) is 9.92 Å². The number of hydrogen-bond acceptors (Lipinski definition) is 6. The maximum atomic E-state index is 11.6. The third-order valence-corrected chi connectivity index (χ3v) is 3.82. The molecular weight excluding hydrogens is 292 g/mol. The minimum absolute atomic E-state index is 0.0434. The minimum Gasteiger partial charge on any atom is -0.307 e.